The van der Waals surface area contributed by atoms with Crippen LogP contribution >= 0.6 is 11.3 Å². The number of aryl methyl sites for hydroxylation is 1. The Labute approximate surface area is 135 Å². The lowest BCUT2D eigenvalue weighted by Crippen LogP contribution is -2.38. The monoisotopic (exact) mass is 321 g/mol. The quantitative estimate of drug-likeness (QED) is 0.886. The highest BCUT2D eigenvalue weighted by atomic mass is 32.1. The van der Waals surface area contributed by atoms with Gasteiger partial charge in [0.1, 0.15) is 5.75 Å². The van der Waals surface area contributed by atoms with Crippen LogP contribution in [0, 0.1) is 6.92 Å². The molecule has 0 saturated carbocycles. The molecule has 0 bridgehead atoms. The van der Waals surface area contributed by atoms with Crippen LogP contribution in [0.3, 0.4) is 0 Å². The molecule has 0 amide bonds. The predicted molar refractivity (Wildman–Crippen MR) is 91.3 cm³/mol. The molecule has 120 valence electrons. The molecule has 3 rings (SSSR count). The highest BCUT2D eigenvalue weighted by molar-refractivity contribution is 7.22. The molecule has 1 aliphatic heterocycles. The van der Waals surface area contributed by atoms with Gasteiger partial charge in [0.2, 0.25) is 0 Å². The third-order valence-electron chi connectivity index (χ3n) is 3.79. The summed E-state index contributed by atoms with van der Waals surface area (Å²) in [5.74, 6) is 0.957. The van der Waals surface area contributed by atoms with E-state index in [9.17, 15) is 0 Å². The van der Waals surface area contributed by atoms with Gasteiger partial charge in [-0.05, 0) is 31.5 Å². The maximum Gasteiger partial charge on any atom is 0.183 e. The SMILES string of the molecule is CCOc1cc2sc(NCCN3CCOCC3)nc2cc1C. The number of benzene rings is 1. The second-order valence-electron chi connectivity index (χ2n) is 5.42. The van der Waals surface area contributed by atoms with Crippen LogP contribution in [0.25, 0.3) is 10.2 Å². The number of morpholine rings is 1. The number of nitrogens with zero attached hydrogens (tertiary/aromatic N) is 2. The van der Waals surface area contributed by atoms with Crippen molar-refractivity contribution in [1.82, 2.24) is 9.88 Å². The molecule has 1 aromatic heterocycles. The molecule has 0 atom stereocenters. The van der Waals surface area contributed by atoms with Crippen LogP contribution in [0.1, 0.15) is 12.5 Å². The maximum absolute atomic E-state index is 5.65. The lowest BCUT2D eigenvalue weighted by molar-refractivity contribution is 0.0398. The molecule has 2 heterocycles. The molecular formula is C16H23N3O2S. The van der Waals surface area contributed by atoms with Crippen LogP contribution in [0.2, 0.25) is 0 Å². The number of rotatable bonds is 6. The Morgan fingerprint density at radius 3 is 2.95 bits per heavy atom. The third-order valence-corrected chi connectivity index (χ3v) is 4.77. The largest absolute Gasteiger partial charge is 0.494 e. The zero-order valence-corrected chi connectivity index (χ0v) is 14.0. The van der Waals surface area contributed by atoms with Crippen molar-refractivity contribution in [2.24, 2.45) is 0 Å². The van der Waals surface area contributed by atoms with Gasteiger partial charge in [0.15, 0.2) is 5.13 Å². The van der Waals surface area contributed by atoms with Crippen LogP contribution in [0.4, 0.5) is 5.13 Å². The standard InChI is InChI=1S/C16H23N3O2S/c1-3-21-14-11-15-13(10-12(14)2)18-16(22-15)17-4-5-19-6-8-20-9-7-19/h10-11H,3-9H2,1-2H3,(H,17,18). The average molecular weight is 321 g/mol. The van der Waals surface area contributed by atoms with Crippen LogP contribution in [0.5, 0.6) is 5.75 Å². The second kappa shape index (κ2) is 7.26. The molecule has 22 heavy (non-hydrogen) atoms. The van der Waals surface area contributed by atoms with E-state index in [1.807, 2.05) is 6.92 Å². The minimum absolute atomic E-state index is 0.690. The minimum atomic E-state index is 0.690. The number of thiazole rings is 1. The summed E-state index contributed by atoms with van der Waals surface area (Å²) in [6.07, 6.45) is 0. The minimum Gasteiger partial charge on any atom is -0.494 e. The summed E-state index contributed by atoms with van der Waals surface area (Å²) < 4.78 is 12.2. The van der Waals surface area contributed by atoms with Gasteiger partial charge in [-0.1, -0.05) is 11.3 Å². The van der Waals surface area contributed by atoms with E-state index in [0.29, 0.717) is 6.61 Å². The van der Waals surface area contributed by atoms with E-state index in [0.717, 1.165) is 61.4 Å². The summed E-state index contributed by atoms with van der Waals surface area (Å²) in [6, 6.07) is 4.20. The summed E-state index contributed by atoms with van der Waals surface area (Å²) in [6.45, 7) is 10.5. The lowest BCUT2D eigenvalue weighted by atomic mass is 10.2. The molecule has 1 N–H and O–H groups in total. The molecular weight excluding hydrogens is 298 g/mol. The van der Waals surface area contributed by atoms with Gasteiger partial charge in [0.05, 0.1) is 30.0 Å². The van der Waals surface area contributed by atoms with Crippen molar-refractivity contribution in [2.75, 3.05) is 51.3 Å². The zero-order valence-electron chi connectivity index (χ0n) is 13.2. The van der Waals surface area contributed by atoms with Crippen molar-refractivity contribution in [3.05, 3.63) is 17.7 Å². The van der Waals surface area contributed by atoms with E-state index in [4.69, 9.17) is 9.47 Å². The molecule has 0 unspecified atom stereocenters. The molecule has 1 fully saturated rings. The fourth-order valence-corrected chi connectivity index (χ4v) is 3.49. The van der Waals surface area contributed by atoms with Crippen LogP contribution in [-0.2, 0) is 4.74 Å². The number of hydrogen-bond donors (Lipinski definition) is 1. The van der Waals surface area contributed by atoms with Crippen molar-refractivity contribution >= 4 is 26.7 Å². The van der Waals surface area contributed by atoms with E-state index in [1.54, 1.807) is 11.3 Å². The molecule has 1 saturated heterocycles. The van der Waals surface area contributed by atoms with Crippen molar-refractivity contribution in [2.45, 2.75) is 13.8 Å². The maximum atomic E-state index is 5.65. The van der Waals surface area contributed by atoms with Gasteiger partial charge in [-0.25, -0.2) is 4.98 Å². The first kappa shape index (κ1) is 15.5. The normalized spacial score (nSPS) is 16.1. The Kier molecular flexibility index (Phi) is 5.12. The summed E-state index contributed by atoms with van der Waals surface area (Å²) in [5, 5.41) is 4.42. The van der Waals surface area contributed by atoms with Crippen molar-refractivity contribution in [3.8, 4) is 5.75 Å². The Hall–Kier alpha value is -1.37. The summed E-state index contributed by atoms with van der Waals surface area (Å²) in [5.41, 5.74) is 2.18. The van der Waals surface area contributed by atoms with Gasteiger partial charge in [0.25, 0.3) is 0 Å². The molecule has 1 aromatic carbocycles. The highest BCUT2D eigenvalue weighted by Gasteiger charge is 2.11. The Bertz CT molecular complexity index is 623. The van der Waals surface area contributed by atoms with E-state index in [1.165, 1.54) is 4.70 Å². The summed E-state index contributed by atoms with van der Waals surface area (Å²) in [7, 11) is 0. The van der Waals surface area contributed by atoms with Gasteiger partial charge in [-0.2, -0.15) is 0 Å². The zero-order chi connectivity index (χ0) is 15.4. The van der Waals surface area contributed by atoms with Crippen molar-refractivity contribution in [1.29, 1.82) is 0 Å². The number of nitrogens with one attached hydrogen (secondary N) is 1. The molecule has 2 aromatic rings. The first-order chi connectivity index (χ1) is 10.8. The number of hydrogen-bond acceptors (Lipinski definition) is 6. The lowest BCUT2D eigenvalue weighted by Gasteiger charge is -2.26. The van der Waals surface area contributed by atoms with E-state index in [-0.39, 0.29) is 0 Å². The van der Waals surface area contributed by atoms with Crippen LogP contribution in [-0.4, -0.2) is 55.9 Å². The fraction of sp³-hybridized carbons (Fsp3) is 0.562. The van der Waals surface area contributed by atoms with Crippen molar-refractivity contribution in [3.63, 3.8) is 0 Å². The highest BCUT2D eigenvalue weighted by Crippen LogP contribution is 2.31. The van der Waals surface area contributed by atoms with Crippen molar-refractivity contribution < 1.29 is 9.47 Å². The van der Waals surface area contributed by atoms with E-state index in [2.05, 4.69) is 34.3 Å². The van der Waals surface area contributed by atoms with Gasteiger partial charge in [-0.15, -0.1) is 0 Å². The van der Waals surface area contributed by atoms with Gasteiger partial charge in [-0.3, -0.25) is 4.90 Å². The summed E-state index contributed by atoms with van der Waals surface area (Å²) >= 11 is 1.69. The number of ether oxygens (including phenoxy) is 2. The second-order valence-corrected chi connectivity index (χ2v) is 6.45. The number of anilines is 1. The number of aromatic nitrogens is 1. The Morgan fingerprint density at radius 1 is 1.36 bits per heavy atom. The molecule has 5 nitrogen and oxygen atoms in total. The van der Waals surface area contributed by atoms with Gasteiger partial charge >= 0.3 is 0 Å². The molecule has 1 aliphatic rings. The van der Waals surface area contributed by atoms with Gasteiger partial charge < -0.3 is 14.8 Å². The Morgan fingerprint density at radius 2 is 2.18 bits per heavy atom. The van der Waals surface area contributed by atoms with E-state index >= 15 is 0 Å². The number of fused-ring (bicyclic) bond motifs is 1. The fourth-order valence-electron chi connectivity index (χ4n) is 2.59. The average Bonchev–Trinajstić information content (AvgIpc) is 2.90. The Balaban J connectivity index is 1.61. The van der Waals surface area contributed by atoms with E-state index < -0.39 is 0 Å². The van der Waals surface area contributed by atoms with Gasteiger partial charge in [0, 0.05) is 26.2 Å². The molecule has 6 heteroatoms. The third kappa shape index (κ3) is 3.69. The molecule has 0 spiro atoms. The topological polar surface area (TPSA) is 46.6 Å². The molecule has 0 aliphatic carbocycles. The smallest absolute Gasteiger partial charge is 0.183 e. The van der Waals surface area contributed by atoms with Crippen LogP contribution in [0.15, 0.2) is 12.1 Å². The first-order valence-electron chi connectivity index (χ1n) is 7.84. The summed E-state index contributed by atoms with van der Waals surface area (Å²) in [4.78, 5) is 7.08. The predicted octanol–water partition coefficient (Wildman–Crippen LogP) is 2.75. The first-order valence-corrected chi connectivity index (χ1v) is 8.66. The van der Waals surface area contributed by atoms with Crippen LogP contribution < -0.4 is 10.1 Å². The molecule has 0 radical (unpaired) electrons.